The third-order valence-electron chi connectivity index (χ3n) is 1.39. The summed E-state index contributed by atoms with van der Waals surface area (Å²) in [5.74, 6) is -0.555. The van der Waals surface area contributed by atoms with Crippen molar-refractivity contribution in [1.29, 1.82) is 0 Å². The largest absolute Gasteiger partial charge is 0.465 e. The van der Waals surface area contributed by atoms with Crippen LogP contribution in [-0.4, -0.2) is 22.9 Å². The molecule has 1 heterocycles. The lowest BCUT2D eigenvalue weighted by Crippen LogP contribution is -2.20. The van der Waals surface area contributed by atoms with Gasteiger partial charge in [0.05, 0.1) is 18.9 Å². The summed E-state index contributed by atoms with van der Waals surface area (Å²) < 4.78 is 5.54. The zero-order valence-electron chi connectivity index (χ0n) is 6.77. The predicted octanol–water partition coefficient (Wildman–Crippen LogP) is -0.433. The van der Waals surface area contributed by atoms with Crippen molar-refractivity contribution in [3.8, 4) is 0 Å². The molecule has 0 aliphatic rings. The fraction of sp³-hybridized carbons (Fsp3) is 0.286. The number of esters is 1. The summed E-state index contributed by atoms with van der Waals surface area (Å²) in [4.78, 5) is 21.8. The maximum Gasteiger partial charge on any atom is 0.339 e. The van der Waals surface area contributed by atoms with Crippen LogP contribution in [0.15, 0.2) is 17.1 Å². The van der Waals surface area contributed by atoms with E-state index in [4.69, 9.17) is 0 Å². The number of aryl methyl sites for hydroxylation is 1. The number of hydrogen-bond acceptors (Lipinski definition) is 4. The fourth-order valence-corrected chi connectivity index (χ4v) is 0.699. The van der Waals surface area contributed by atoms with Gasteiger partial charge in [-0.2, -0.15) is 5.10 Å². The zero-order valence-corrected chi connectivity index (χ0v) is 6.77. The quantitative estimate of drug-likeness (QED) is 0.534. The maximum absolute atomic E-state index is 11.0. The number of aromatic nitrogens is 2. The highest BCUT2D eigenvalue weighted by Gasteiger charge is 2.06. The van der Waals surface area contributed by atoms with Gasteiger partial charge in [0, 0.05) is 13.1 Å². The van der Waals surface area contributed by atoms with Gasteiger partial charge in [-0.15, -0.1) is 0 Å². The molecule has 0 unspecified atom stereocenters. The van der Waals surface area contributed by atoms with Gasteiger partial charge in [-0.05, 0) is 0 Å². The number of hydrogen-bond donors (Lipinski definition) is 0. The average Bonchev–Trinajstić information content (AvgIpc) is 2.08. The molecule has 1 rings (SSSR count). The van der Waals surface area contributed by atoms with Gasteiger partial charge in [0.1, 0.15) is 0 Å². The van der Waals surface area contributed by atoms with Crippen LogP contribution in [0.3, 0.4) is 0 Å². The topological polar surface area (TPSA) is 61.2 Å². The maximum atomic E-state index is 11.0. The molecule has 0 saturated carbocycles. The van der Waals surface area contributed by atoms with Crippen LogP contribution in [0.2, 0.25) is 0 Å². The van der Waals surface area contributed by atoms with Crippen LogP contribution in [-0.2, 0) is 11.8 Å². The Hall–Kier alpha value is -1.65. The van der Waals surface area contributed by atoms with E-state index in [0.717, 1.165) is 4.68 Å². The first-order valence-corrected chi connectivity index (χ1v) is 3.27. The molecule has 0 saturated heterocycles. The first-order chi connectivity index (χ1) is 5.65. The zero-order chi connectivity index (χ0) is 9.14. The molecule has 0 spiro atoms. The fourth-order valence-electron chi connectivity index (χ4n) is 0.699. The Bertz CT molecular complexity index is 356. The number of rotatable bonds is 1. The molecule has 1 aromatic heterocycles. The lowest BCUT2D eigenvalue weighted by atomic mass is 10.3. The summed E-state index contributed by atoms with van der Waals surface area (Å²) in [5.41, 5.74) is -0.168. The Kier molecular flexibility index (Phi) is 2.23. The lowest BCUT2D eigenvalue weighted by Gasteiger charge is -1.98. The van der Waals surface area contributed by atoms with Crippen molar-refractivity contribution >= 4 is 5.97 Å². The average molecular weight is 168 g/mol. The highest BCUT2D eigenvalue weighted by Crippen LogP contribution is 1.93. The van der Waals surface area contributed by atoms with Gasteiger partial charge in [-0.25, -0.2) is 9.48 Å². The van der Waals surface area contributed by atoms with Crippen LogP contribution in [0.25, 0.3) is 0 Å². The van der Waals surface area contributed by atoms with Crippen LogP contribution in [0, 0.1) is 0 Å². The molecule has 5 nitrogen and oxygen atoms in total. The van der Waals surface area contributed by atoms with Crippen molar-refractivity contribution in [2.75, 3.05) is 7.11 Å². The lowest BCUT2D eigenvalue weighted by molar-refractivity contribution is 0.0599. The number of methoxy groups -OCH3 is 1. The smallest absolute Gasteiger partial charge is 0.339 e. The number of ether oxygens (including phenoxy) is 1. The Morgan fingerprint density at radius 1 is 1.67 bits per heavy atom. The molecule has 0 atom stereocenters. The summed E-state index contributed by atoms with van der Waals surface area (Å²) in [7, 11) is 2.75. The minimum absolute atomic E-state index is 0.167. The van der Waals surface area contributed by atoms with E-state index in [1.54, 1.807) is 0 Å². The molecule has 0 N–H and O–H groups in total. The van der Waals surface area contributed by atoms with Gasteiger partial charge in [-0.1, -0.05) is 0 Å². The molecular weight excluding hydrogens is 160 g/mol. The van der Waals surface area contributed by atoms with E-state index in [9.17, 15) is 9.59 Å². The second-order valence-corrected chi connectivity index (χ2v) is 2.20. The molecule has 0 amide bonds. The van der Waals surface area contributed by atoms with Gasteiger partial charge in [0.25, 0.3) is 5.56 Å². The molecule has 0 bridgehead atoms. The van der Waals surface area contributed by atoms with Crippen molar-refractivity contribution in [1.82, 2.24) is 9.78 Å². The van der Waals surface area contributed by atoms with Crippen molar-refractivity contribution in [3.05, 3.63) is 28.2 Å². The van der Waals surface area contributed by atoms with Crippen LogP contribution in [0.1, 0.15) is 10.4 Å². The van der Waals surface area contributed by atoms with E-state index in [1.165, 1.54) is 26.4 Å². The molecule has 0 aliphatic heterocycles. The second kappa shape index (κ2) is 3.17. The molecule has 12 heavy (non-hydrogen) atoms. The van der Waals surface area contributed by atoms with Gasteiger partial charge in [-0.3, -0.25) is 4.79 Å². The number of nitrogens with zero attached hydrogens (tertiary/aromatic N) is 2. The van der Waals surface area contributed by atoms with Gasteiger partial charge in [0.2, 0.25) is 0 Å². The van der Waals surface area contributed by atoms with Crippen molar-refractivity contribution < 1.29 is 9.53 Å². The first kappa shape index (κ1) is 8.45. The Balaban J connectivity index is 3.13. The van der Waals surface area contributed by atoms with Crippen LogP contribution in [0.4, 0.5) is 0 Å². The predicted molar refractivity (Wildman–Crippen MR) is 40.8 cm³/mol. The Morgan fingerprint density at radius 2 is 2.33 bits per heavy atom. The third-order valence-corrected chi connectivity index (χ3v) is 1.39. The number of carbonyl (C=O) groups excluding carboxylic acids is 1. The Labute approximate surface area is 68.6 Å². The normalized spacial score (nSPS) is 9.50. The molecule has 0 radical (unpaired) electrons. The summed E-state index contributed by atoms with van der Waals surface area (Å²) in [6.07, 6.45) is 1.28. The number of carbonyl (C=O) groups is 1. The highest BCUT2D eigenvalue weighted by atomic mass is 16.5. The summed E-state index contributed by atoms with van der Waals surface area (Å²) in [5, 5.41) is 3.65. The summed E-state index contributed by atoms with van der Waals surface area (Å²) >= 11 is 0. The van der Waals surface area contributed by atoms with Crippen LogP contribution in [0.5, 0.6) is 0 Å². The highest BCUT2D eigenvalue weighted by molar-refractivity contribution is 5.88. The molecule has 0 aromatic carbocycles. The van der Waals surface area contributed by atoms with E-state index in [-0.39, 0.29) is 11.1 Å². The molecule has 0 aliphatic carbocycles. The van der Waals surface area contributed by atoms with Gasteiger partial charge < -0.3 is 4.74 Å². The van der Waals surface area contributed by atoms with E-state index < -0.39 is 5.97 Å². The Morgan fingerprint density at radius 3 is 2.83 bits per heavy atom. The van der Waals surface area contributed by atoms with Gasteiger partial charge in [0.15, 0.2) is 0 Å². The first-order valence-electron chi connectivity index (χ1n) is 3.27. The van der Waals surface area contributed by atoms with E-state index >= 15 is 0 Å². The molecule has 5 heteroatoms. The molecule has 0 fully saturated rings. The van der Waals surface area contributed by atoms with E-state index in [2.05, 4.69) is 9.84 Å². The van der Waals surface area contributed by atoms with Crippen molar-refractivity contribution in [3.63, 3.8) is 0 Å². The second-order valence-electron chi connectivity index (χ2n) is 2.20. The molecule has 1 aromatic rings. The third kappa shape index (κ3) is 1.50. The minimum atomic E-state index is -0.555. The van der Waals surface area contributed by atoms with Crippen molar-refractivity contribution in [2.24, 2.45) is 7.05 Å². The van der Waals surface area contributed by atoms with Gasteiger partial charge >= 0.3 is 5.97 Å². The van der Waals surface area contributed by atoms with Crippen molar-refractivity contribution in [2.45, 2.75) is 0 Å². The van der Waals surface area contributed by atoms with E-state index in [0.29, 0.717) is 0 Å². The summed E-state index contributed by atoms with van der Waals surface area (Å²) in [6, 6.07) is 1.18. The minimum Gasteiger partial charge on any atom is -0.465 e. The van der Waals surface area contributed by atoms with Crippen LogP contribution >= 0.6 is 0 Å². The van der Waals surface area contributed by atoms with E-state index in [1.807, 2.05) is 0 Å². The SMILES string of the molecule is COC(=O)c1cnn(C)c(=O)c1. The molecule has 64 valence electrons. The standard InChI is InChI=1S/C7H8N2O3/c1-9-6(10)3-5(4-8-9)7(11)12-2/h3-4H,1-2H3. The summed E-state index contributed by atoms with van der Waals surface area (Å²) in [6.45, 7) is 0. The monoisotopic (exact) mass is 168 g/mol. The van der Waals surface area contributed by atoms with Crippen LogP contribution < -0.4 is 5.56 Å². The molecular formula is C7H8N2O3.